The van der Waals surface area contributed by atoms with Gasteiger partial charge < -0.3 is 4.74 Å². The van der Waals surface area contributed by atoms with Crippen LogP contribution in [-0.2, 0) is 0 Å². The van der Waals surface area contributed by atoms with Crippen LogP contribution in [0, 0.1) is 5.95 Å². The number of rotatable bonds is 1. The van der Waals surface area contributed by atoms with E-state index in [1.807, 2.05) is 0 Å². The summed E-state index contributed by atoms with van der Waals surface area (Å²) in [5, 5.41) is 5.45. The molecule has 0 amide bonds. The smallest absolute Gasteiger partial charge is 0.251 e. The average molecular weight is 116 g/mol. The highest BCUT2D eigenvalue weighted by Crippen LogP contribution is 2.09. The van der Waals surface area contributed by atoms with E-state index in [9.17, 15) is 4.39 Å². The number of nitrogens with one attached hydrogen (secondary N) is 1. The normalized spacial score (nSPS) is 9.25. The van der Waals surface area contributed by atoms with Crippen molar-refractivity contribution in [3.63, 3.8) is 0 Å². The fourth-order valence-corrected chi connectivity index (χ4v) is 0.402. The van der Waals surface area contributed by atoms with Gasteiger partial charge in [0, 0.05) is 0 Å². The molecule has 1 aromatic heterocycles. The van der Waals surface area contributed by atoms with Gasteiger partial charge in [-0.3, -0.25) is 0 Å². The van der Waals surface area contributed by atoms with Crippen molar-refractivity contribution >= 4 is 0 Å². The molecule has 0 spiro atoms. The first-order valence-electron chi connectivity index (χ1n) is 2.07. The lowest BCUT2D eigenvalue weighted by atomic mass is 10.6. The molecular weight excluding hydrogens is 111 g/mol. The molecule has 0 fully saturated rings. The summed E-state index contributed by atoms with van der Waals surface area (Å²) in [4.78, 5) is 0. The maximum atomic E-state index is 12.1. The number of H-pyrrole nitrogens is 1. The number of aromatic nitrogens is 2. The van der Waals surface area contributed by atoms with Crippen molar-refractivity contribution in [3.05, 3.63) is 12.1 Å². The molecule has 0 atom stereocenters. The van der Waals surface area contributed by atoms with Crippen LogP contribution in [0.4, 0.5) is 4.39 Å². The minimum atomic E-state index is -0.535. The van der Waals surface area contributed by atoms with Gasteiger partial charge in [0.15, 0.2) is 5.75 Å². The van der Waals surface area contributed by atoms with Gasteiger partial charge in [-0.15, -0.1) is 0 Å². The molecular formula is C4H5FN2O. The van der Waals surface area contributed by atoms with Gasteiger partial charge in [0.2, 0.25) is 0 Å². The molecule has 4 heteroatoms. The van der Waals surface area contributed by atoms with Gasteiger partial charge in [-0.05, 0) is 0 Å². The van der Waals surface area contributed by atoms with Gasteiger partial charge in [-0.25, -0.2) is 5.10 Å². The largest absolute Gasteiger partial charge is 0.491 e. The van der Waals surface area contributed by atoms with Crippen LogP contribution in [0.25, 0.3) is 0 Å². The highest BCUT2D eigenvalue weighted by molar-refractivity contribution is 5.12. The molecule has 1 heterocycles. The van der Waals surface area contributed by atoms with Crippen molar-refractivity contribution in [1.82, 2.24) is 10.2 Å². The van der Waals surface area contributed by atoms with Crippen LogP contribution in [-0.4, -0.2) is 17.3 Å². The van der Waals surface area contributed by atoms with Gasteiger partial charge in [-0.2, -0.15) is 9.49 Å². The van der Waals surface area contributed by atoms with Gasteiger partial charge in [0.1, 0.15) is 0 Å². The summed E-state index contributed by atoms with van der Waals surface area (Å²) in [6, 6.07) is 0. The monoisotopic (exact) mass is 116 g/mol. The minimum Gasteiger partial charge on any atom is -0.491 e. The van der Waals surface area contributed by atoms with Crippen LogP contribution >= 0.6 is 0 Å². The number of aromatic amines is 1. The molecule has 1 rings (SSSR count). The van der Waals surface area contributed by atoms with Crippen LogP contribution in [0.5, 0.6) is 5.75 Å². The van der Waals surface area contributed by atoms with E-state index in [0.29, 0.717) is 0 Å². The number of halogens is 1. The van der Waals surface area contributed by atoms with Crippen LogP contribution < -0.4 is 4.74 Å². The van der Waals surface area contributed by atoms with Crippen LogP contribution in [0.15, 0.2) is 6.20 Å². The Hall–Kier alpha value is -1.06. The Balaban J connectivity index is 2.92. The van der Waals surface area contributed by atoms with E-state index < -0.39 is 5.95 Å². The van der Waals surface area contributed by atoms with Crippen molar-refractivity contribution < 1.29 is 9.13 Å². The van der Waals surface area contributed by atoms with Crippen molar-refractivity contribution in [1.29, 1.82) is 0 Å². The van der Waals surface area contributed by atoms with E-state index in [0.717, 1.165) is 0 Å². The molecule has 1 N–H and O–H groups in total. The van der Waals surface area contributed by atoms with Crippen molar-refractivity contribution in [2.75, 3.05) is 7.11 Å². The second-order valence-electron chi connectivity index (χ2n) is 1.25. The number of methoxy groups -OCH3 is 1. The summed E-state index contributed by atoms with van der Waals surface area (Å²) in [5.74, 6) is -0.391. The Morgan fingerprint density at radius 3 is 2.88 bits per heavy atom. The fourth-order valence-electron chi connectivity index (χ4n) is 0.402. The van der Waals surface area contributed by atoms with E-state index in [2.05, 4.69) is 14.9 Å². The molecule has 0 aliphatic heterocycles. The van der Waals surface area contributed by atoms with E-state index in [4.69, 9.17) is 0 Å². The zero-order chi connectivity index (χ0) is 5.98. The second kappa shape index (κ2) is 1.81. The molecule has 1 aromatic rings. The third kappa shape index (κ3) is 0.641. The SMILES string of the molecule is COc1cn[nH]c1F. The Labute approximate surface area is 45.5 Å². The quantitative estimate of drug-likeness (QED) is 0.582. The van der Waals surface area contributed by atoms with Crippen molar-refractivity contribution in [2.24, 2.45) is 0 Å². The first-order valence-corrected chi connectivity index (χ1v) is 2.07. The second-order valence-corrected chi connectivity index (χ2v) is 1.25. The first-order chi connectivity index (χ1) is 3.84. The maximum Gasteiger partial charge on any atom is 0.251 e. The minimum absolute atomic E-state index is 0.144. The lowest BCUT2D eigenvalue weighted by Gasteiger charge is -1.88. The van der Waals surface area contributed by atoms with E-state index in [1.165, 1.54) is 13.3 Å². The number of ether oxygens (including phenoxy) is 1. The molecule has 0 bridgehead atoms. The summed E-state index contributed by atoms with van der Waals surface area (Å²) >= 11 is 0. The Bertz CT molecular complexity index is 174. The number of nitrogens with zero attached hydrogens (tertiary/aromatic N) is 1. The van der Waals surface area contributed by atoms with E-state index >= 15 is 0 Å². The number of hydrogen-bond acceptors (Lipinski definition) is 2. The molecule has 0 aromatic carbocycles. The van der Waals surface area contributed by atoms with Crippen LogP contribution in [0.3, 0.4) is 0 Å². The predicted molar refractivity (Wildman–Crippen MR) is 25.1 cm³/mol. The van der Waals surface area contributed by atoms with Crippen molar-refractivity contribution in [2.45, 2.75) is 0 Å². The molecule has 0 aliphatic carbocycles. The maximum absolute atomic E-state index is 12.1. The summed E-state index contributed by atoms with van der Waals surface area (Å²) in [5.41, 5.74) is 0. The topological polar surface area (TPSA) is 37.9 Å². The summed E-state index contributed by atoms with van der Waals surface area (Å²) in [6.45, 7) is 0. The zero-order valence-electron chi connectivity index (χ0n) is 4.31. The summed E-state index contributed by atoms with van der Waals surface area (Å²) in [7, 11) is 1.38. The van der Waals surface area contributed by atoms with E-state index in [1.54, 1.807) is 0 Å². The third-order valence-electron chi connectivity index (χ3n) is 0.781. The predicted octanol–water partition coefficient (Wildman–Crippen LogP) is 0.557. The Morgan fingerprint density at radius 2 is 2.62 bits per heavy atom. The first kappa shape index (κ1) is 5.08. The van der Waals surface area contributed by atoms with Crippen LogP contribution in [0.1, 0.15) is 0 Å². The standard InChI is InChI=1S/C4H5FN2O/c1-8-3-2-6-7-4(3)5/h2H,1H3,(H,6,7). The number of hydrogen-bond donors (Lipinski definition) is 1. The Kier molecular flexibility index (Phi) is 1.15. The van der Waals surface area contributed by atoms with Crippen molar-refractivity contribution in [3.8, 4) is 5.75 Å². The van der Waals surface area contributed by atoms with Gasteiger partial charge in [0.25, 0.3) is 5.95 Å². The highest BCUT2D eigenvalue weighted by Gasteiger charge is 1.99. The highest BCUT2D eigenvalue weighted by atomic mass is 19.1. The van der Waals surface area contributed by atoms with E-state index in [-0.39, 0.29) is 5.75 Å². The third-order valence-corrected chi connectivity index (χ3v) is 0.781. The van der Waals surface area contributed by atoms with Gasteiger partial charge >= 0.3 is 0 Å². The molecule has 0 aliphatic rings. The zero-order valence-corrected chi connectivity index (χ0v) is 4.31. The summed E-state index contributed by atoms with van der Waals surface area (Å²) < 4.78 is 16.6. The fraction of sp³-hybridized carbons (Fsp3) is 0.250. The van der Waals surface area contributed by atoms with Gasteiger partial charge in [0.05, 0.1) is 13.3 Å². The molecule has 8 heavy (non-hydrogen) atoms. The molecule has 0 saturated heterocycles. The molecule has 3 nitrogen and oxygen atoms in total. The van der Waals surface area contributed by atoms with Crippen LogP contribution in [0.2, 0.25) is 0 Å². The molecule has 44 valence electrons. The molecule has 0 unspecified atom stereocenters. The lowest BCUT2D eigenvalue weighted by molar-refractivity contribution is 0.383. The average Bonchev–Trinajstić information content (AvgIpc) is 2.14. The Morgan fingerprint density at radius 1 is 1.88 bits per heavy atom. The van der Waals surface area contributed by atoms with Gasteiger partial charge in [-0.1, -0.05) is 0 Å². The lowest BCUT2D eigenvalue weighted by Crippen LogP contribution is -1.81. The molecule has 0 saturated carbocycles. The summed E-state index contributed by atoms with van der Waals surface area (Å²) in [6.07, 6.45) is 1.27. The molecule has 0 radical (unpaired) electrons.